The fraction of sp³-hybridized carbons (Fsp3) is 0.500. The van der Waals surface area contributed by atoms with Crippen molar-refractivity contribution in [1.29, 1.82) is 0 Å². The molecule has 1 aromatic carbocycles. The van der Waals surface area contributed by atoms with Crippen LogP contribution in [0.25, 0.3) is 0 Å². The van der Waals surface area contributed by atoms with Crippen molar-refractivity contribution >= 4 is 18.3 Å². The molecule has 1 saturated heterocycles. The van der Waals surface area contributed by atoms with Gasteiger partial charge in [-0.05, 0) is 18.9 Å². The van der Waals surface area contributed by atoms with Crippen molar-refractivity contribution in [3.63, 3.8) is 0 Å². The second-order valence-electron chi connectivity index (χ2n) is 5.06. The van der Waals surface area contributed by atoms with Crippen LogP contribution in [0.2, 0.25) is 0 Å². The van der Waals surface area contributed by atoms with Gasteiger partial charge in [-0.15, -0.1) is 12.4 Å². The van der Waals surface area contributed by atoms with E-state index in [1.807, 2.05) is 29.2 Å². The summed E-state index contributed by atoms with van der Waals surface area (Å²) >= 11 is 0. The molecular weight excluding hydrogens is 264 g/mol. The summed E-state index contributed by atoms with van der Waals surface area (Å²) in [6, 6.07) is 7.97. The average molecular weight is 283 g/mol. The van der Waals surface area contributed by atoms with E-state index in [1.165, 1.54) is 0 Å². The lowest BCUT2D eigenvalue weighted by molar-refractivity contribution is -0.132. The largest absolute Gasteiger partial charge is 0.493 e. The van der Waals surface area contributed by atoms with Crippen LogP contribution in [0.5, 0.6) is 5.75 Å². The van der Waals surface area contributed by atoms with Gasteiger partial charge in [0.2, 0.25) is 5.91 Å². The smallest absolute Gasteiger partial charge is 0.230 e. The van der Waals surface area contributed by atoms with Gasteiger partial charge >= 0.3 is 0 Å². The molecule has 2 heterocycles. The highest BCUT2D eigenvalue weighted by molar-refractivity contribution is 5.85. The Hall–Kier alpha value is -1.26. The highest BCUT2D eigenvalue weighted by atomic mass is 35.5. The van der Waals surface area contributed by atoms with Gasteiger partial charge in [-0.25, -0.2) is 0 Å². The maximum Gasteiger partial charge on any atom is 0.230 e. The molecule has 4 nitrogen and oxygen atoms in total. The molecule has 104 valence electrons. The number of likely N-dealkylation sites (tertiary alicyclic amines) is 1. The molecule has 1 fully saturated rings. The van der Waals surface area contributed by atoms with Gasteiger partial charge in [0, 0.05) is 24.7 Å². The zero-order valence-electron chi connectivity index (χ0n) is 10.7. The van der Waals surface area contributed by atoms with Crippen LogP contribution in [0.1, 0.15) is 24.3 Å². The van der Waals surface area contributed by atoms with Crippen LogP contribution in [-0.4, -0.2) is 36.5 Å². The Bertz CT molecular complexity index is 467. The molecule has 2 N–H and O–H groups in total. The van der Waals surface area contributed by atoms with Gasteiger partial charge in [0.05, 0.1) is 12.5 Å². The molecule has 0 aromatic heterocycles. The van der Waals surface area contributed by atoms with E-state index in [1.54, 1.807) is 0 Å². The lowest BCUT2D eigenvalue weighted by atomic mass is 9.92. The summed E-state index contributed by atoms with van der Waals surface area (Å²) in [7, 11) is 0. The summed E-state index contributed by atoms with van der Waals surface area (Å²) in [6.45, 7) is 2.10. The molecule has 5 heteroatoms. The van der Waals surface area contributed by atoms with Crippen LogP contribution in [0.15, 0.2) is 24.3 Å². The van der Waals surface area contributed by atoms with Crippen molar-refractivity contribution in [2.45, 2.75) is 24.8 Å². The fourth-order valence-corrected chi connectivity index (χ4v) is 2.81. The van der Waals surface area contributed by atoms with Gasteiger partial charge in [-0.2, -0.15) is 0 Å². The maximum atomic E-state index is 12.5. The zero-order chi connectivity index (χ0) is 12.5. The summed E-state index contributed by atoms with van der Waals surface area (Å²) in [4.78, 5) is 14.4. The Balaban J connectivity index is 0.00000133. The van der Waals surface area contributed by atoms with Crippen molar-refractivity contribution in [3.05, 3.63) is 29.8 Å². The van der Waals surface area contributed by atoms with E-state index < -0.39 is 0 Å². The van der Waals surface area contributed by atoms with Crippen LogP contribution in [0.4, 0.5) is 0 Å². The van der Waals surface area contributed by atoms with Gasteiger partial charge in [-0.1, -0.05) is 18.2 Å². The Kier molecular flexibility index (Phi) is 4.32. The first kappa shape index (κ1) is 14.2. The van der Waals surface area contributed by atoms with Crippen molar-refractivity contribution in [3.8, 4) is 5.75 Å². The average Bonchev–Trinajstić information content (AvgIpc) is 2.84. The summed E-state index contributed by atoms with van der Waals surface area (Å²) in [5.74, 6) is 1.00. The van der Waals surface area contributed by atoms with Gasteiger partial charge in [0.1, 0.15) is 5.75 Å². The number of ether oxygens (including phenoxy) is 1. The first-order chi connectivity index (χ1) is 8.75. The monoisotopic (exact) mass is 282 g/mol. The number of fused-ring (bicyclic) bond motifs is 1. The quantitative estimate of drug-likeness (QED) is 0.850. The number of hydrogen-bond donors (Lipinski definition) is 1. The molecule has 1 amide bonds. The number of halogens is 1. The molecule has 1 aromatic rings. The maximum absolute atomic E-state index is 12.5. The molecule has 2 atom stereocenters. The van der Waals surface area contributed by atoms with Crippen LogP contribution < -0.4 is 10.5 Å². The van der Waals surface area contributed by atoms with Crippen LogP contribution in [0.3, 0.4) is 0 Å². The number of nitrogens with zero attached hydrogens (tertiary/aromatic N) is 1. The molecule has 19 heavy (non-hydrogen) atoms. The minimum absolute atomic E-state index is 0. The van der Waals surface area contributed by atoms with E-state index in [0.29, 0.717) is 13.2 Å². The second-order valence-corrected chi connectivity index (χ2v) is 5.06. The van der Waals surface area contributed by atoms with E-state index in [2.05, 4.69) is 0 Å². The van der Waals surface area contributed by atoms with E-state index in [9.17, 15) is 4.79 Å². The number of rotatable bonds is 1. The molecule has 3 rings (SSSR count). The first-order valence-electron chi connectivity index (χ1n) is 6.52. The Morgan fingerprint density at radius 1 is 1.32 bits per heavy atom. The van der Waals surface area contributed by atoms with Gasteiger partial charge in [-0.3, -0.25) is 4.79 Å². The van der Waals surface area contributed by atoms with Crippen LogP contribution >= 0.6 is 12.4 Å². The van der Waals surface area contributed by atoms with Gasteiger partial charge < -0.3 is 15.4 Å². The molecule has 0 aliphatic carbocycles. The predicted molar refractivity (Wildman–Crippen MR) is 75.7 cm³/mol. The van der Waals surface area contributed by atoms with Crippen molar-refractivity contribution in [1.82, 2.24) is 4.90 Å². The molecule has 0 radical (unpaired) electrons. The minimum Gasteiger partial charge on any atom is -0.493 e. The third-order valence-corrected chi connectivity index (χ3v) is 3.79. The summed E-state index contributed by atoms with van der Waals surface area (Å²) in [5.41, 5.74) is 6.89. The highest BCUT2D eigenvalue weighted by Crippen LogP contribution is 2.35. The van der Waals surface area contributed by atoms with Crippen LogP contribution in [-0.2, 0) is 4.79 Å². The number of amides is 1. The minimum atomic E-state index is -0.0553. The number of carbonyl (C=O) groups is 1. The lowest BCUT2D eigenvalue weighted by Crippen LogP contribution is -2.37. The molecule has 0 saturated carbocycles. The van der Waals surface area contributed by atoms with Crippen molar-refractivity contribution in [2.24, 2.45) is 5.73 Å². The number of carbonyl (C=O) groups excluding carboxylic acids is 1. The van der Waals surface area contributed by atoms with Gasteiger partial charge in [0.15, 0.2) is 0 Å². The summed E-state index contributed by atoms with van der Waals surface area (Å²) in [5, 5.41) is 0. The summed E-state index contributed by atoms with van der Waals surface area (Å²) in [6.07, 6.45) is 1.68. The topological polar surface area (TPSA) is 55.6 Å². The predicted octanol–water partition coefficient (Wildman–Crippen LogP) is 1.53. The fourth-order valence-electron chi connectivity index (χ4n) is 2.81. The molecule has 2 aliphatic rings. The highest BCUT2D eigenvalue weighted by Gasteiger charge is 2.33. The first-order valence-corrected chi connectivity index (χ1v) is 6.52. The normalized spacial score (nSPS) is 25.2. The number of benzene rings is 1. The van der Waals surface area contributed by atoms with E-state index in [-0.39, 0.29) is 30.3 Å². The number of nitrogens with two attached hydrogens (primary N) is 1. The number of hydrogen-bond acceptors (Lipinski definition) is 3. The summed E-state index contributed by atoms with van der Waals surface area (Å²) < 4.78 is 5.59. The Morgan fingerprint density at radius 3 is 2.84 bits per heavy atom. The number of para-hydroxylation sites is 1. The Labute approximate surface area is 119 Å². The molecule has 0 bridgehead atoms. The zero-order valence-corrected chi connectivity index (χ0v) is 11.6. The van der Waals surface area contributed by atoms with E-state index in [4.69, 9.17) is 10.5 Å². The van der Waals surface area contributed by atoms with Crippen molar-refractivity contribution < 1.29 is 9.53 Å². The molecule has 1 unspecified atom stereocenters. The van der Waals surface area contributed by atoms with Gasteiger partial charge in [0.25, 0.3) is 0 Å². The van der Waals surface area contributed by atoms with Crippen molar-refractivity contribution in [2.75, 3.05) is 19.7 Å². The lowest BCUT2D eigenvalue weighted by Gasteiger charge is -2.28. The van der Waals surface area contributed by atoms with E-state index in [0.717, 1.165) is 30.7 Å². The molecular formula is C14H19ClN2O2. The second kappa shape index (κ2) is 5.80. The van der Waals surface area contributed by atoms with E-state index >= 15 is 0 Å². The van der Waals surface area contributed by atoms with Crippen LogP contribution in [0, 0.1) is 0 Å². The standard InChI is InChI=1S/C14H18N2O2.ClH/c15-10-5-7-16(9-10)14(17)12-6-8-18-13-4-2-1-3-11(12)13;/h1-4,10,12H,5-9,15H2;1H/t10-,12?;/m1./s1. The Morgan fingerprint density at radius 2 is 2.11 bits per heavy atom. The third-order valence-electron chi connectivity index (χ3n) is 3.79. The third kappa shape index (κ3) is 2.69. The molecule has 2 aliphatic heterocycles. The molecule has 0 spiro atoms. The SMILES string of the molecule is Cl.N[C@@H]1CCN(C(=O)C2CCOc3ccccc32)C1.